The molecule has 5 heteroatoms. The van der Waals surface area contributed by atoms with E-state index in [0.29, 0.717) is 5.02 Å². The second-order valence-electron chi connectivity index (χ2n) is 5.78. The predicted octanol–water partition coefficient (Wildman–Crippen LogP) is 4.22. The fraction of sp³-hybridized carbons (Fsp3) is 0.412. The Kier molecular flexibility index (Phi) is 4.21. The first-order valence-electron chi connectivity index (χ1n) is 7.42. The Labute approximate surface area is 134 Å². The molecule has 1 heterocycles. The van der Waals surface area contributed by atoms with Gasteiger partial charge in [-0.3, -0.25) is 4.79 Å². The molecule has 1 aliphatic rings. The fourth-order valence-corrected chi connectivity index (χ4v) is 3.26. The van der Waals surface area contributed by atoms with Crippen LogP contribution in [0.25, 0.3) is 11.3 Å². The van der Waals surface area contributed by atoms with Gasteiger partial charge in [0.2, 0.25) is 0 Å². The summed E-state index contributed by atoms with van der Waals surface area (Å²) in [5.74, 6) is 0.810. The molecule has 1 aliphatic carbocycles. The zero-order chi connectivity index (χ0) is 15.7. The number of carbonyl (C=O) groups is 1. The highest BCUT2D eigenvalue weighted by atomic mass is 35.5. The van der Waals surface area contributed by atoms with Crippen LogP contribution in [0.1, 0.15) is 37.0 Å². The fourth-order valence-electron chi connectivity index (χ4n) is 3.14. The Balaban J connectivity index is 1.94. The third kappa shape index (κ3) is 2.75. The zero-order valence-corrected chi connectivity index (χ0v) is 13.4. The van der Waals surface area contributed by atoms with E-state index >= 15 is 0 Å². The summed E-state index contributed by atoms with van der Waals surface area (Å²) >= 11 is 5.94. The molecule has 0 amide bonds. The maximum atomic E-state index is 11.8. The van der Waals surface area contributed by atoms with Crippen LogP contribution in [0.15, 0.2) is 28.8 Å². The summed E-state index contributed by atoms with van der Waals surface area (Å²) < 4.78 is 10.5. The minimum atomic E-state index is -0.141. The normalized spacial score (nSPS) is 21.0. The summed E-state index contributed by atoms with van der Waals surface area (Å²) in [4.78, 5) is 11.8. The molecule has 0 fully saturated rings. The molecule has 0 bridgehead atoms. The number of carbonyl (C=O) groups excluding carboxylic acids is 1. The minimum Gasteiger partial charge on any atom is -0.469 e. The van der Waals surface area contributed by atoms with Gasteiger partial charge >= 0.3 is 5.97 Å². The molecule has 1 aromatic carbocycles. The van der Waals surface area contributed by atoms with Crippen LogP contribution in [-0.2, 0) is 16.0 Å². The van der Waals surface area contributed by atoms with E-state index < -0.39 is 0 Å². The van der Waals surface area contributed by atoms with Crippen molar-refractivity contribution in [3.63, 3.8) is 0 Å². The van der Waals surface area contributed by atoms with Gasteiger partial charge in [0.05, 0.1) is 13.0 Å². The number of nitrogens with zero attached hydrogens (tertiary/aromatic N) is 1. The lowest BCUT2D eigenvalue weighted by molar-refractivity contribution is -0.146. The Morgan fingerprint density at radius 3 is 2.77 bits per heavy atom. The number of fused-ring (bicyclic) bond motifs is 1. The number of rotatable bonds is 2. The first-order valence-corrected chi connectivity index (χ1v) is 7.80. The Morgan fingerprint density at radius 2 is 2.09 bits per heavy atom. The van der Waals surface area contributed by atoms with Crippen molar-refractivity contribution in [1.29, 1.82) is 0 Å². The van der Waals surface area contributed by atoms with Crippen LogP contribution in [0.4, 0.5) is 0 Å². The highest BCUT2D eigenvalue weighted by molar-refractivity contribution is 6.30. The molecular formula is C17H18ClNO3. The van der Waals surface area contributed by atoms with E-state index in [4.69, 9.17) is 20.9 Å². The van der Waals surface area contributed by atoms with E-state index in [1.54, 1.807) is 0 Å². The predicted molar refractivity (Wildman–Crippen MR) is 83.8 cm³/mol. The lowest BCUT2D eigenvalue weighted by Crippen LogP contribution is -2.17. The van der Waals surface area contributed by atoms with Gasteiger partial charge in [0.25, 0.3) is 0 Å². The second kappa shape index (κ2) is 6.13. The number of aromatic nitrogens is 1. The summed E-state index contributed by atoms with van der Waals surface area (Å²) in [7, 11) is 1.44. The molecule has 0 N–H and O–H groups in total. The average molecular weight is 320 g/mol. The number of hydrogen-bond acceptors (Lipinski definition) is 4. The summed E-state index contributed by atoms with van der Waals surface area (Å²) in [6.07, 6.45) is 2.25. The van der Waals surface area contributed by atoms with E-state index in [-0.39, 0.29) is 17.8 Å². The molecule has 116 valence electrons. The van der Waals surface area contributed by atoms with E-state index in [0.717, 1.165) is 41.8 Å². The van der Waals surface area contributed by atoms with Gasteiger partial charge in [-0.1, -0.05) is 35.8 Å². The van der Waals surface area contributed by atoms with Crippen LogP contribution in [0.2, 0.25) is 5.02 Å². The monoisotopic (exact) mass is 319 g/mol. The molecule has 0 aliphatic heterocycles. The number of esters is 1. The van der Waals surface area contributed by atoms with Gasteiger partial charge in [-0.05, 0) is 31.4 Å². The maximum Gasteiger partial charge on any atom is 0.308 e. The molecule has 4 nitrogen and oxygen atoms in total. The molecule has 0 saturated heterocycles. The van der Waals surface area contributed by atoms with Gasteiger partial charge in [-0.25, -0.2) is 0 Å². The van der Waals surface area contributed by atoms with Crippen LogP contribution in [0, 0.1) is 5.92 Å². The summed E-state index contributed by atoms with van der Waals surface area (Å²) in [6, 6.07) is 7.56. The number of hydrogen-bond donors (Lipinski definition) is 0. The number of halogens is 1. The number of benzene rings is 1. The van der Waals surface area contributed by atoms with Crippen LogP contribution < -0.4 is 0 Å². The molecule has 0 spiro atoms. The van der Waals surface area contributed by atoms with Crippen LogP contribution in [-0.4, -0.2) is 18.2 Å². The van der Waals surface area contributed by atoms with E-state index in [2.05, 4.69) is 12.1 Å². The van der Waals surface area contributed by atoms with Crippen molar-refractivity contribution in [2.75, 3.05) is 7.11 Å². The Bertz CT molecular complexity index is 678. The molecule has 22 heavy (non-hydrogen) atoms. The van der Waals surface area contributed by atoms with Crippen molar-refractivity contribution in [2.45, 2.75) is 32.1 Å². The highest BCUT2D eigenvalue weighted by Gasteiger charge is 2.31. The SMILES string of the molecule is COC(=O)[C@H]1CCc2c(-c3ccc(Cl)cc3)noc2[C@H](C)C1. The largest absolute Gasteiger partial charge is 0.469 e. The lowest BCUT2D eigenvalue weighted by Gasteiger charge is -2.13. The third-order valence-corrected chi connectivity index (χ3v) is 4.55. The molecular weight excluding hydrogens is 302 g/mol. The van der Waals surface area contributed by atoms with Gasteiger partial charge in [-0.15, -0.1) is 0 Å². The molecule has 2 aromatic rings. The maximum absolute atomic E-state index is 11.8. The zero-order valence-electron chi connectivity index (χ0n) is 12.6. The van der Waals surface area contributed by atoms with Crippen molar-refractivity contribution >= 4 is 17.6 Å². The molecule has 0 saturated carbocycles. The first kappa shape index (κ1) is 15.1. The number of methoxy groups -OCH3 is 1. The van der Waals surface area contributed by atoms with E-state index in [1.165, 1.54) is 7.11 Å². The quantitative estimate of drug-likeness (QED) is 0.614. The molecule has 2 atom stereocenters. The molecule has 1 aromatic heterocycles. The third-order valence-electron chi connectivity index (χ3n) is 4.30. The topological polar surface area (TPSA) is 52.3 Å². The van der Waals surface area contributed by atoms with Gasteiger partial charge in [0.15, 0.2) is 0 Å². The van der Waals surface area contributed by atoms with Gasteiger partial charge in [0.1, 0.15) is 11.5 Å². The average Bonchev–Trinajstić information content (AvgIpc) is 2.88. The van der Waals surface area contributed by atoms with Crippen molar-refractivity contribution in [2.24, 2.45) is 5.92 Å². The van der Waals surface area contributed by atoms with Crippen molar-refractivity contribution in [1.82, 2.24) is 5.16 Å². The standard InChI is InChI=1S/C17H18ClNO3/c1-10-9-12(17(20)21-2)5-8-14-15(19-22-16(10)14)11-3-6-13(18)7-4-11/h3-4,6-7,10,12H,5,8-9H2,1-2H3/t10-,12+/m1/s1. The molecule has 3 rings (SSSR count). The smallest absolute Gasteiger partial charge is 0.308 e. The first-order chi connectivity index (χ1) is 10.6. The van der Waals surface area contributed by atoms with Crippen LogP contribution in [0.3, 0.4) is 0 Å². The second-order valence-corrected chi connectivity index (χ2v) is 6.21. The number of ether oxygens (including phenoxy) is 1. The Morgan fingerprint density at radius 1 is 1.36 bits per heavy atom. The molecule has 0 unspecified atom stereocenters. The summed E-state index contributed by atoms with van der Waals surface area (Å²) in [5.41, 5.74) is 2.93. The van der Waals surface area contributed by atoms with Gasteiger partial charge < -0.3 is 9.26 Å². The summed E-state index contributed by atoms with van der Waals surface area (Å²) in [5, 5.41) is 4.94. The van der Waals surface area contributed by atoms with E-state index in [1.807, 2.05) is 24.3 Å². The highest BCUT2D eigenvalue weighted by Crippen LogP contribution is 2.38. The van der Waals surface area contributed by atoms with E-state index in [9.17, 15) is 4.79 Å². The van der Waals surface area contributed by atoms with Gasteiger partial charge in [-0.2, -0.15) is 0 Å². The van der Waals surface area contributed by atoms with Crippen LogP contribution >= 0.6 is 11.6 Å². The van der Waals surface area contributed by atoms with Crippen LogP contribution in [0.5, 0.6) is 0 Å². The Hall–Kier alpha value is -1.81. The van der Waals surface area contributed by atoms with Gasteiger partial charge in [0, 0.05) is 22.1 Å². The van der Waals surface area contributed by atoms with Crippen molar-refractivity contribution < 1.29 is 14.1 Å². The lowest BCUT2D eigenvalue weighted by atomic mass is 9.94. The van der Waals surface area contributed by atoms with Crippen molar-refractivity contribution in [3.05, 3.63) is 40.6 Å². The van der Waals surface area contributed by atoms with Crippen molar-refractivity contribution in [3.8, 4) is 11.3 Å². The minimum absolute atomic E-state index is 0.0827. The summed E-state index contributed by atoms with van der Waals surface area (Å²) in [6.45, 7) is 2.07. The molecule has 0 radical (unpaired) electrons.